The number of hydrogen-bond acceptors (Lipinski definition) is 5. The first kappa shape index (κ1) is 17.0. The van der Waals surface area contributed by atoms with E-state index < -0.39 is 11.8 Å². The predicted octanol–water partition coefficient (Wildman–Crippen LogP) is 3.14. The Morgan fingerprint density at radius 2 is 2.11 bits per heavy atom. The summed E-state index contributed by atoms with van der Waals surface area (Å²) in [7, 11) is 1.71. The molecule has 0 radical (unpaired) electrons. The number of carbonyl (C=O) groups is 2. The van der Waals surface area contributed by atoms with Crippen molar-refractivity contribution >= 4 is 28.4 Å². The van der Waals surface area contributed by atoms with Crippen LogP contribution in [0.4, 0.5) is 5.69 Å². The number of aromatic nitrogens is 1. The molecule has 2 aromatic heterocycles. The normalized spacial score (nSPS) is 17.4. The average Bonchev–Trinajstić information content (AvgIpc) is 3.36. The molecule has 0 saturated carbocycles. The van der Waals surface area contributed by atoms with E-state index in [1.807, 2.05) is 18.2 Å². The number of fused-ring (bicyclic) bond motifs is 1. The van der Waals surface area contributed by atoms with Crippen LogP contribution in [0.5, 0.6) is 5.88 Å². The van der Waals surface area contributed by atoms with Crippen molar-refractivity contribution in [2.24, 2.45) is 23.2 Å². The lowest BCUT2D eigenvalue weighted by molar-refractivity contribution is -0.129. The number of aryl methyl sites for hydroxylation is 1. The van der Waals surface area contributed by atoms with Gasteiger partial charge < -0.3 is 19.0 Å². The first-order chi connectivity index (χ1) is 13.0. The minimum absolute atomic E-state index is 0.0605. The van der Waals surface area contributed by atoms with E-state index in [-0.39, 0.29) is 30.4 Å². The molecule has 1 aliphatic heterocycles. The monoisotopic (exact) mass is 366 g/mol. The summed E-state index contributed by atoms with van der Waals surface area (Å²) in [5.74, 6) is -0.535. The molecule has 2 amide bonds. The fourth-order valence-electron chi connectivity index (χ4n) is 3.32. The van der Waals surface area contributed by atoms with Gasteiger partial charge in [-0.15, -0.1) is 10.2 Å². The Kier molecular flexibility index (Phi) is 4.23. The molecule has 3 aromatic rings. The molecule has 1 N–H and O–H groups in total. The van der Waals surface area contributed by atoms with Gasteiger partial charge in [0.1, 0.15) is 5.76 Å². The minimum atomic E-state index is -0.548. The van der Waals surface area contributed by atoms with Gasteiger partial charge in [0.15, 0.2) is 5.69 Å². The molecule has 8 nitrogen and oxygen atoms in total. The first-order valence-electron chi connectivity index (χ1n) is 8.56. The lowest BCUT2D eigenvalue weighted by Crippen LogP contribution is -2.25. The summed E-state index contributed by atoms with van der Waals surface area (Å²) in [5.41, 5.74) is 1.04. The molecule has 8 heteroatoms. The molecule has 0 bridgehead atoms. The van der Waals surface area contributed by atoms with E-state index >= 15 is 0 Å². The maximum Gasteiger partial charge on any atom is 0.270 e. The molecule has 1 unspecified atom stereocenters. The molecule has 1 aromatic carbocycles. The average molecular weight is 366 g/mol. The second kappa shape index (κ2) is 6.71. The molecular weight excluding hydrogens is 348 g/mol. The first-order valence-corrected chi connectivity index (χ1v) is 8.56. The summed E-state index contributed by atoms with van der Waals surface area (Å²) >= 11 is 0. The number of carbonyl (C=O) groups excluding carboxylic acids is 2. The Balaban J connectivity index is 1.50. The predicted molar refractivity (Wildman–Crippen MR) is 96.3 cm³/mol. The standard InChI is InChI=1S/C19H18N4O4/c1-22-15-7-3-2-6-14(15)17(19(22)26)20-21-18(25)12-9-16(24)23(10-12)11-13-5-4-8-27-13/h2-8,12,26H,9-11H2,1H3. The van der Waals surface area contributed by atoms with Gasteiger partial charge in [-0.25, -0.2) is 0 Å². The van der Waals surface area contributed by atoms with Crippen molar-refractivity contribution in [1.29, 1.82) is 0 Å². The minimum Gasteiger partial charge on any atom is -0.493 e. The zero-order chi connectivity index (χ0) is 19.0. The SMILES string of the molecule is Cn1c(O)c(N=NC(=O)C2CC(=O)N(Cc3ccco3)C2)c2ccccc21. The summed E-state index contributed by atoms with van der Waals surface area (Å²) in [6.45, 7) is 0.607. The largest absolute Gasteiger partial charge is 0.493 e. The number of rotatable bonds is 4. The van der Waals surface area contributed by atoms with Crippen molar-refractivity contribution in [2.75, 3.05) is 6.54 Å². The molecule has 1 atom stereocenters. The van der Waals surface area contributed by atoms with Crippen LogP contribution in [0.2, 0.25) is 0 Å². The third-order valence-corrected chi connectivity index (χ3v) is 4.79. The Morgan fingerprint density at radius 1 is 1.30 bits per heavy atom. The highest BCUT2D eigenvalue weighted by Gasteiger charge is 2.34. The number of aromatic hydroxyl groups is 1. The van der Waals surface area contributed by atoms with Gasteiger partial charge in [-0.1, -0.05) is 18.2 Å². The summed E-state index contributed by atoms with van der Waals surface area (Å²) in [6, 6.07) is 10.9. The van der Waals surface area contributed by atoms with E-state index in [9.17, 15) is 14.7 Å². The molecule has 0 aliphatic carbocycles. The van der Waals surface area contributed by atoms with E-state index in [0.29, 0.717) is 17.7 Å². The topological polar surface area (TPSA) is 100 Å². The molecule has 138 valence electrons. The molecule has 1 saturated heterocycles. The van der Waals surface area contributed by atoms with E-state index in [4.69, 9.17) is 4.42 Å². The van der Waals surface area contributed by atoms with Gasteiger partial charge in [-0.05, 0) is 18.2 Å². The third kappa shape index (κ3) is 3.10. The van der Waals surface area contributed by atoms with Gasteiger partial charge in [-0.3, -0.25) is 9.59 Å². The fraction of sp³-hybridized carbons (Fsp3) is 0.263. The van der Waals surface area contributed by atoms with Crippen molar-refractivity contribution in [3.63, 3.8) is 0 Å². The van der Waals surface area contributed by atoms with Gasteiger partial charge in [0, 0.05) is 25.4 Å². The lowest BCUT2D eigenvalue weighted by atomic mass is 10.1. The molecule has 3 heterocycles. The highest BCUT2D eigenvalue weighted by atomic mass is 16.3. The fourth-order valence-corrected chi connectivity index (χ4v) is 3.32. The Labute approximate surface area is 154 Å². The lowest BCUT2D eigenvalue weighted by Gasteiger charge is -2.13. The van der Waals surface area contributed by atoms with Gasteiger partial charge >= 0.3 is 0 Å². The van der Waals surface area contributed by atoms with Crippen LogP contribution >= 0.6 is 0 Å². The van der Waals surface area contributed by atoms with E-state index in [1.54, 1.807) is 41.0 Å². The quantitative estimate of drug-likeness (QED) is 0.717. The smallest absolute Gasteiger partial charge is 0.270 e. The molecular formula is C19H18N4O4. The van der Waals surface area contributed by atoms with Crippen LogP contribution in [0, 0.1) is 5.92 Å². The summed E-state index contributed by atoms with van der Waals surface area (Å²) in [6.07, 6.45) is 1.64. The van der Waals surface area contributed by atoms with Crippen LogP contribution in [0.1, 0.15) is 12.2 Å². The zero-order valence-corrected chi connectivity index (χ0v) is 14.7. The second-order valence-corrected chi connectivity index (χ2v) is 6.54. The summed E-state index contributed by atoms with van der Waals surface area (Å²) < 4.78 is 6.83. The third-order valence-electron chi connectivity index (χ3n) is 4.79. The number of likely N-dealkylation sites (tertiary alicyclic amines) is 1. The van der Waals surface area contributed by atoms with Crippen molar-refractivity contribution in [3.8, 4) is 5.88 Å². The summed E-state index contributed by atoms with van der Waals surface area (Å²) in [5, 5.41) is 18.7. The van der Waals surface area contributed by atoms with Crippen LogP contribution in [0.3, 0.4) is 0 Å². The van der Waals surface area contributed by atoms with Crippen LogP contribution < -0.4 is 0 Å². The summed E-state index contributed by atoms with van der Waals surface area (Å²) in [4.78, 5) is 26.1. The number of azo groups is 1. The number of furan rings is 1. The molecule has 0 spiro atoms. The van der Waals surface area contributed by atoms with Crippen LogP contribution in [0.15, 0.2) is 57.3 Å². The van der Waals surface area contributed by atoms with Crippen molar-refractivity contribution in [2.45, 2.75) is 13.0 Å². The van der Waals surface area contributed by atoms with Crippen molar-refractivity contribution in [1.82, 2.24) is 9.47 Å². The van der Waals surface area contributed by atoms with Gasteiger partial charge in [-0.2, -0.15) is 0 Å². The number of hydrogen-bond donors (Lipinski definition) is 1. The van der Waals surface area contributed by atoms with Crippen LogP contribution in [0.25, 0.3) is 10.9 Å². The Bertz CT molecular complexity index is 1040. The molecule has 27 heavy (non-hydrogen) atoms. The van der Waals surface area contributed by atoms with E-state index in [1.165, 1.54) is 0 Å². The highest BCUT2D eigenvalue weighted by molar-refractivity contribution is 5.95. The van der Waals surface area contributed by atoms with Gasteiger partial charge in [0.2, 0.25) is 11.8 Å². The zero-order valence-electron chi connectivity index (χ0n) is 14.7. The molecule has 4 rings (SSSR count). The molecule has 1 aliphatic rings. The van der Waals surface area contributed by atoms with Crippen molar-refractivity contribution in [3.05, 3.63) is 48.4 Å². The van der Waals surface area contributed by atoms with E-state index in [2.05, 4.69) is 10.2 Å². The number of para-hydroxylation sites is 1. The number of benzene rings is 1. The second-order valence-electron chi connectivity index (χ2n) is 6.54. The van der Waals surface area contributed by atoms with E-state index in [0.717, 1.165) is 5.52 Å². The van der Waals surface area contributed by atoms with Crippen molar-refractivity contribution < 1.29 is 19.1 Å². The Morgan fingerprint density at radius 3 is 2.89 bits per heavy atom. The molecule has 1 fully saturated rings. The van der Waals surface area contributed by atoms with Gasteiger partial charge in [0.05, 0.1) is 24.2 Å². The maximum absolute atomic E-state index is 12.4. The van der Waals surface area contributed by atoms with Crippen LogP contribution in [-0.2, 0) is 23.2 Å². The van der Waals surface area contributed by atoms with Gasteiger partial charge in [0.25, 0.3) is 5.91 Å². The number of amides is 2. The highest BCUT2D eigenvalue weighted by Crippen LogP contribution is 2.38. The van der Waals surface area contributed by atoms with Crippen LogP contribution in [-0.4, -0.2) is 32.9 Å². The Hall–Kier alpha value is -3.42. The number of nitrogens with zero attached hydrogens (tertiary/aromatic N) is 4. The maximum atomic E-state index is 12.4.